The van der Waals surface area contributed by atoms with Crippen molar-refractivity contribution in [2.24, 2.45) is 0 Å². The SMILES string of the molecule is O=C(Cc1cncs1)N1CCC=C(F)C1. The maximum absolute atomic E-state index is 12.9. The Kier molecular flexibility index (Phi) is 3.11. The topological polar surface area (TPSA) is 33.2 Å². The van der Waals surface area contributed by atoms with Crippen LogP contribution < -0.4 is 0 Å². The van der Waals surface area contributed by atoms with Gasteiger partial charge in [-0.05, 0) is 12.5 Å². The van der Waals surface area contributed by atoms with Crippen molar-refractivity contribution >= 4 is 17.2 Å². The Bertz CT molecular complexity index is 375. The first-order valence-electron chi connectivity index (χ1n) is 4.75. The summed E-state index contributed by atoms with van der Waals surface area (Å²) in [5, 5.41) is 0. The van der Waals surface area contributed by atoms with E-state index < -0.39 is 0 Å². The fourth-order valence-electron chi connectivity index (χ4n) is 1.51. The van der Waals surface area contributed by atoms with E-state index in [9.17, 15) is 9.18 Å². The molecule has 0 atom stereocenters. The van der Waals surface area contributed by atoms with Crippen LogP contribution in [0.2, 0.25) is 0 Å². The van der Waals surface area contributed by atoms with Gasteiger partial charge < -0.3 is 4.90 Å². The van der Waals surface area contributed by atoms with Gasteiger partial charge in [0.25, 0.3) is 0 Å². The summed E-state index contributed by atoms with van der Waals surface area (Å²) in [7, 11) is 0. The predicted molar refractivity (Wildman–Crippen MR) is 56.2 cm³/mol. The van der Waals surface area contributed by atoms with Gasteiger partial charge in [-0.25, -0.2) is 4.39 Å². The standard InChI is InChI=1S/C10H11FN2OS/c11-8-2-1-3-13(6-8)10(14)4-9-5-12-7-15-9/h2,5,7H,1,3-4,6H2. The summed E-state index contributed by atoms with van der Waals surface area (Å²) >= 11 is 1.45. The number of aromatic nitrogens is 1. The minimum Gasteiger partial charge on any atom is -0.335 e. The molecule has 0 aromatic carbocycles. The van der Waals surface area contributed by atoms with Crippen LogP contribution in [0.15, 0.2) is 23.6 Å². The fourth-order valence-corrected chi connectivity index (χ4v) is 2.09. The summed E-state index contributed by atoms with van der Waals surface area (Å²) in [5.41, 5.74) is 1.69. The highest BCUT2D eigenvalue weighted by molar-refractivity contribution is 7.09. The summed E-state index contributed by atoms with van der Waals surface area (Å²) in [6.07, 6.45) is 4.16. The number of amides is 1. The molecular weight excluding hydrogens is 215 g/mol. The van der Waals surface area contributed by atoms with Gasteiger partial charge in [0.05, 0.1) is 18.5 Å². The number of carbonyl (C=O) groups is 1. The molecule has 15 heavy (non-hydrogen) atoms. The van der Waals surface area contributed by atoms with Crippen molar-refractivity contribution < 1.29 is 9.18 Å². The van der Waals surface area contributed by atoms with E-state index in [1.807, 2.05) is 0 Å². The van der Waals surface area contributed by atoms with E-state index in [1.165, 1.54) is 17.4 Å². The van der Waals surface area contributed by atoms with Crippen LogP contribution >= 0.6 is 11.3 Å². The second-order valence-corrected chi connectivity index (χ2v) is 4.37. The van der Waals surface area contributed by atoms with Crippen LogP contribution in [-0.2, 0) is 11.2 Å². The molecule has 3 nitrogen and oxygen atoms in total. The molecule has 1 amide bonds. The van der Waals surface area contributed by atoms with Crippen LogP contribution in [0.3, 0.4) is 0 Å². The quantitative estimate of drug-likeness (QED) is 0.770. The molecule has 0 bridgehead atoms. The monoisotopic (exact) mass is 226 g/mol. The third kappa shape index (κ3) is 2.62. The van der Waals surface area contributed by atoms with Crippen LogP contribution in [0.25, 0.3) is 0 Å². The molecule has 0 spiro atoms. The fraction of sp³-hybridized carbons (Fsp3) is 0.400. The Labute approximate surface area is 91.2 Å². The lowest BCUT2D eigenvalue weighted by Gasteiger charge is -2.24. The Balaban J connectivity index is 1.94. The molecular formula is C10H11FN2OS. The van der Waals surface area contributed by atoms with E-state index in [0.717, 1.165) is 4.88 Å². The molecule has 1 aromatic heterocycles. The molecule has 0 fully saturated rings. The molecule has 0 unspecified atom stereocenters. The largest absolute Gasteiger partial charge is 0.335 e. The molecule has 1 aliphatic heterocycles. The van der Waals surface area contributed by atoms with E-state index in [0.29, 0.717) is 19.4 Å². The van der Waals surface area contributed by atoms with Crippen molar-refractivity contribution in [3.05, 3.63) is 28.5 Å². The van der Waals surface area contributed by atoms with E-state index >= 15 is 0 Å². The molecule has 0 aliphatic carbocycles. The molecule has 1 aliphatic rings. The minimum atomic E-state index is -0.209. The summed E-state index contributed by atoms with van der Waals surface area (Å²) < 4.78 is 12.9. The van der Waals surface area contributed by atoms with Crippen molar-refractivity contribution in [2.45, 2.75) is 12.8 Å². The lowest BCUT2D eigenvalue weighted by Crippen LogP contribution is -2.36. The molecule has 1 aromatic rings. The normalized spacial score (nSPS) is 16.3. The summed E-state index contributed by atoms with van der Waals surface area (Å²) in [6, 6.07) is 0. The Morgan fingerprint density at radius 2 is 2.53 bits per heavy atom. The molecule has 2 rings (SSSR count). The first-order chi connectivity index (χ1) is 7.25. The lowest BCUT2D eigenvalue weighted by atomic mass is 10.2. The van der Waals surface area contributed by atoms with Crippen molar-refractivity contribution in [3.63, 3.8) is 0 Å². The summed E-state index contributed by atoms with van der Waals surface area (Å²) in [6.45, 7) is 0.739. The number of rotatable bonds is 2. The Morgan fingerprint density at radius 1 is 1.67 bits per heavy atom. The average molecular weight is 226 g/mol. The van der Waals surface area contributed by atoms with Gasteiger partial charge in [-0.1, -0.05) is 0 Å². The van der Waals surface area contributed by atoms with Gasteiger partial charge in [-0.15, -0.1) is 11.3 Å². The van der Waals surface area contributed by atoms with Crippen molar-refractivity contribution in [1.29, 1.82) is 0 Å². The molecule has 0 saturated carbocycles. The maximum Gasteiger partial charge on any atom is 0.228 e. The predicted octanol–water partition coefficient (Wildman–Crippen LogP) is 1.77. The molecule has 80 valence electrons. The second-order valence-electron chi connectivity index (χ2n) is 3.40. The van der Waals surface area contributed by atoms with Gasteiger partial charge in [0.1, 0.15) is 5.83 Å². The number of carbonyl (C=O) groups excluding carboxylic acids is 1. The third-order valence-electron chi connectivity index (χ3n) is 2.27. The maximum atomic E-state index is 12.9. The van der Waals surface area contributed by atoms with Gasteiger partial charge in [-0.3, -0.25) is 9.78 Å². The number of hydrogen-bond acceptors (Lipinski definition) is 3. The molecule has 0 radical (unpaired) electrons. The zero-order chi connectivity index (χ0) is 10.7. The second kappa shape index (κ2) is 4.53. The highest BCUT2D eigenvalue weighted by atomic mass is 32.1. The van der Waals surface area contributed by atoms with Crippen molar-refractivity contribution in [1.82, 2.24) is 9.88 Å². The first-order valence-corrected chi connectivity index (χ1v) is 5.63. The molecule has 2 heterocycles. The van der Waals surface area contributed by atoms with Crippen molar-refractivity contribution in [2.75, 3.05) is 13.1 Å². The van der Waals surface area contributed by atoms with Gasteiger partial charge >= 0.3 is 0 Å². The van der Waals surface area contributed by atoms with Gasteiger partial charge in [0.2, 0.25) is 5.91 Å². The van der Waals surface area contributed by atoms with E-state index in [-0.39, 0.29) is 18.3 Å². The van der Waals surface area contributed by atoms with E-state index in [1.54, 1.807) is 16.6 Å². The Morgan fingerprint density at radius 3 is 3.20 bits per heavy atom. The number of thiazole rings is 1. The number of nitrogens with zero attached hydrogens (tertiary/aromatic N) is 2. The highest BCUT2D eigenvalue weighted by Crippen LogP contribution is 2.13. The Hall–Kier alpha value is -1.23. The van der Waals surface area contributed by atoms with Crippen LogP contribution in [0.5, 0.6) is 0 Å². The van der Waals surface area contributed by atoms with Crippen LogP contribution in [0.4, 0.5) is 4.39 Å². The van der Waals surface area contributed by atoms with Crippen molar-refractivity contribution in [3.8, 4) is 0 Å². The minimum absolute atomic E-state index is 0.0255. The first kappa shape index (κ1) is 10.3. The highest BCUT2D eigenvalue weighted by Gasteiger charge is 2.18. The molecule has 5 heteroatoms. The van der Waals surface area contributed by atoms with Crippen LogP contribution in [0, 0.1) is 0 Å². The summed E-state index contributed by atoms with van der Waals surface area (Å²) in [5.74, 6) is -0.235. The smallest absolute Gasteiger partial charge is 0.228 e. The lowest BCUT2D eigenvalue weighted by molar-refractivity contribution is -0.130. The zero-order valence-corrected chi connectivity index (χ0v) is 8.97. The summed E-state index contributed by atoms with van der Waals surface area (Å²) in [4.78, 5) is 18.1. The van der Waals surface area contributed by atoms with Gasteiger partial charge in [0.15, 0.2) is 0 Å². The third-order valence-corrected chi connectivity index (χ3v) is 3.05. The van der Waals surface area contributed by atoms with Gasteiger partial charge in [0, 0.05) is 17.6 Å². The van der Waals surface area contributed by atoms with Crippen LogP contribution in [-0.4, -0.2) is 28.9 Å². The van der Waals surface area contributed by atoms with Gasteiger partial charge in [-0.2, -0.15) is 0 Å². The van der Waals surface area contributed by atoms with Crippen LogP contribution in [0.1, 0.15) is 11.3 Å². The van der Waals surface area contributed by atoms with E-state index in [4.69, 9.17) is 0 Å². The number of hydrogen-bond donors (Lipinski definition) is 0. The molecule has 0 saturated heterocycles. The van der Waals surface area contributed by atoms with E-state index in [2.05, 4.69) is 4.98 Å². The molecule has 0 N–H and O–H groups in total. The zero-order valence-electron chi connectivity index (χ0n) is 8.15. The number of halogens is 1. The average Bonchev–Trinajstić information content (AvgIpc) is 2.70.